The fourth-order valence-corrected chi connectivity index (χ4v) is 3.42. The summed E-state index contributed by atoms with van der Waals surface area (Å²) in [7, 11) is 0. The van der Waals surface area contributed by atoms with Crippen molar-refractivity contribution in [1.29, 1.82) is 0 Å². The zero-order chi connectivity index (χ0) is 29.8. The Bertz CT molecular complexity index is 1310. The minimum Gasteiger partial charge on any atom is -0.366 e. The van der Waals surface area contributed by atoms with Gasteiger partial charge in [-0.15, -0.1) is 0 Å². The fraction of sp³-hybridized carbons (Fsp3) is 0.524. The van der Waals surface area contributed by atoms with Gasteiger partial charge in [0.15, 0.2) is 11.6 Å². The molecule has 4 amide bonds. The molecule has 4 rings (SSSR count). The van der Waals surface area contributed by atoms with Crippen LogP contribution in [-0.4, -0.2) is 71.0 Å². The average molecular weight is 442 g/mol. The lowest BCUT2D eigenvalue weighted by Crippen LogP contribution is -2.54. The van der Waals surface area contributed by atoms with Gasteiger partial charge in [0.25, 0.3) is 11.8 Å². The molecule has 0 saturated carbocycles. The quantitative estimate of drug-likeness (QED) is 0.695. The molecule has 31 heavy (non-hydrogen) atoms. The van der Waals surface area contributed by atoms with E-state index >= 15 is 8.78 Å². The normalized spacial score (nSPS) is 33.1. The molecule has 3 aliphatic heterocycles. The number of hydrogen-bond acceptors (Lipinski definition) is 6. The number of carbonyl (C=O) groups excluding carboxylic acids is 4. The van der Waals surface area contributed by atoms with E-state index in [-0.39, 0.29) is 17.7 Å². The number of piperidine rings is 1. The first-order valence-electron chi connectivity index (χ1n) is 13.4. The summed E-state index contributed by atoms with van der Waals surface area (Å²) in [6, 6.07) is -1.11. The maximum Gasteiger partial charge on any atom is 0.265 e. The maximum absolute atomic E-state index is 15.5. The molecule has 0 radical (unpaired) electrons. The van der Waals surface area contributed by atoms with Crippen molar-refractivity contribution in [2.45, 2.75) is 45.2 Å². The number of rotatable bonds is 2. The third-order valence-electron chi connectivity index (χ3n) is 5.05. The van der Waals surface area contributed by atoms with Gasteiger partial charge < -0.3 is 4.90 Å². The third kappa shape index (κ3) is 3.48. The Kier molecular flexibility index (Phi) is 3.21. The summed E-state index contributed by atoms with van der Waals surface area (Å²) in [5.41, 5.74) is -4.85. The van der Waals surface area contributed by atoms with E-state index in [1.807, 2.05) is 5.32 Å². The zero-order valence-electron chi connectivity index (χ0n) is 24.8. The van der Waals surface area contributed by atoms with Crippen molar-refractivity contribution in [3.05, 3.63) is 28.8 Å². The van der Waals surface area contributed by atoms with Crippen LogP contribution in [0.2, 0.25) is 0 Å². The van der Waals surface area contributed by atoms with Crippen LogP contribution in [0.1, 0.15) is 65.3 Å². The summed E-state index contributed by atoms with van der Waals surface area (Å²) < 4.78 is 98.8. The zero-order valence-corrected chi connectivity index (χ0v) is 16.8. The summed E-state index contributed by atoms with van der Waals surface area (Å²) >= 11 is 0. The Hall–Kier alpha value is -2.88. The largest absolute Gasteiger partial charge is 0.366 e. The minimum absolute atomic E-state index is 0.243. The standard InChI is InChI=1S/C21H24F2N4O4/c1-21(2,3)26-8-6-25(7-9-26)13-10-11-15(17(23)16(13)22)20(31)27(19(11)30)12-4-5-14(28)24-18(12)29/h10,12H,4-9H2,1-3H3,(H,24,28,29)/i6D2,7D2,8D2,9D2. The van der Waals surface area contributed by atoms with Gasteiger partial charge in [-0.3, -0.25) is 34.3 Å². The first-order chi connectivity index (χ1) is 17.5. The SMILES string of the molecule is [2H]C1([2H])N(c2cc3c(c(F)c2F)C(=O)N(C2CCC(=O)NC2=O)C3=O)C([2H])([2H])C([2H])([2H])N(C(C)(C)C)C1([2H])[2H]. The third-order valence-corrected chi connectivity index (χ3v) is 5.05. The second-order valence-corrected chi connectivity index (χ2v) is 8.18. The minimum atomic E-state index is -3.58. The van der Waals surface area contributed by atoms with Gasteiger partial charge in [-0.1, -0.05) is 0 Å². The lowest BCUT2D eigenvalue weighted by Gasteiger charge is -2.43. The first kappa shape index (κ1) is 13.5. The molecule has 0 spiro atoms. The van der Waals surface area contributed by atoms with Gasteiger partial charge >= 0.3 is 0 Å². The van der Waals surface area contributed by atoms with Crippen molar-refractivity contribution >= 4 is 29.3 Å². The number of carbonyl (C=O) groups is 4. The number of nitrogens with zero attached hydrogens (tertiary/aromatic N) is 3. The highest BCUT2D eigenvalue weighted by molar-refractivity contribution is 6.24. The van der Waals surface area contributed by atoms with E-state index in [0.29, 0.717) is 15.9 Å². The van der Waals surface area contributed by atoms with Crippen LogP contribution in [0.25, 0.3) is 0 Å². The van der Waals surface area contributed by atoms with E-state index < -0.39 is 89.6 Å². The lowest BCUT2D eigenvalue weighted by atomic mass is 10.0. The summed E-state index contributed by atoms with van der Waals surface area (Å²) in [6.45, 7) is -9.94. The molecular formula is C21H24F2N4O4. The van der Waals surface area contributed by atoms with Crippen LogP contribution >= 0.6 is 0 Å². The molecule has 166 valence electrons. The second kappa shape index (κ2) is 7.37. The van der Waals surface area contributed by atoms with E-state index in [4.69, 9.17) is 11.0 Å². The number of nitrogens with one attached hydrogen (secondary N) is 1. The Labute approximate surface area is 189 Å². The molecular weight excluding hydrogens is 410 g/mol. The molecule has 1 aromatic rings. The van der Waals surface area contributed by atoms with Gasteiger partial charge in [0, 0.05) is 43.4 Å². The molecule has 0 aromatic heterocycles. The van der Waals surface area contributed by atoms with E-state index in [2.05, 4.69) is 0 Å². The molecule has 1 atom stereocenters. The van der Waals surface area contributed by atoms with Crippen molar-refractivity contribution in [3.63, 3.8) is 0 Å². The Balaban J connectivity index is 1.92. The number of anilines is 1. The molecule has 2 saturated heterocycles. The summed E-state index contributed by atoms with van der Waals surface area (Å²) in [6.07, 6.45) is -0.554. The predicted molar refractivity (Wildman–Crippen MR) is 107 cm³/mol. The van der Waals surface area contributed by atoms with E-state index in [1.165, 1.54) is 20.8 Å². The highest BCUT2D eigenvalue weighted by Gasteiger charge is 2.47. The number of amides is 4. The number of piperazine rings is 1. The van der Waals surface area contributed by atoms with Crippen LogP contribution in [0.3, 0.4) is 0 Å². The van der Waals surface area contributed by atoms with Crippen molar-refractivity contribution < 1.29 is 38.9 Å². The smallest absolute Gasteiger partial charge is 0.265 e. The van der Waals surface area contributed by atoms with Gasteiger partial charge in [0.05, 0.1) is 22.3 Å². The lowest BCUT2D eigenvalue weighted by molar-refractivity contribution is -0.136. The average Bonchev–Trinajstić information content (AvgIpc) is 2.99. The summed E-state index contributed by atoms with van der Waals surface area (Å²) in [5, 5.41) is 1.93. The van der Waals surface area contributed by atoms with Crippen LogP contribution in [0.15, 0.2) is 6.07 Å². The molecule has 1 aromatic carbocycles. The molecule has 3 aliphatic rings. The van der Waals surface area contributed by atoms with Crippen molar-refractivity contribution in [1.82, 2.24) is 15.1 Å². The number of fused-ring (bicyclic) bond motifs is 1. The van der Waals surface area contributed by atoms with Crippen LogP contribution in [-0.2, 0) is 9.59 Å². The van der Waals surface area contributed by atoms with Crippen LogP contribution in [0.5, 0.6) is 0 Å². The molecule has 8 nitrogen and oxygen atoms in total. The van der Waals surface area contributed by atoms with Crippen molar-refractivity contribution in [2.24, 2.45) is 0 Å². The molecule has 1 N–H and O–H groups in total. The van der Waals surface area contributed by atoms with Gasteiger partial charge in [-0.05, 0) is 33.3 Å². The monoisotopic (exact) mass is 442 g/mol. The van der Waals surface area contributed by atoms with Crippen molar-refractivity contribution in [3.8, 4) is 0 Å². The van der Waals surface area contributed by atoms with E-state index in [9.17, 15) is 19.2 Å². The maximum atomic E-state index is 15.5. The Morgan fingerprint density at radius 2 is 1.68 bits per heavy atom. The summed E-state index contributed by atoms with van der Waals surface area (Å²) in [4.78, 5) is 50.3. The van der Waals surface area contributed by atoms with Gasteiger partial charge in [-0.25, -0.2) is 8.78 Å². The Morgan fingerprint density at radius 3 is 2.26 bits per heavy atom. The van der Waals surface area contributed by atoms with Gasteiger partial charge in [0.2, 0.25) is 11.8 Å². The topological polar surface area (TPSA) is 90.0 Å². The highest BCUT2D eigenvalue weighted by Crippen LogP contribution is 2.35. The Morgan fingerprint density at radius 1 is 1.03 bits per heavy atom. The van der Waals surface area contributed by atoms with E-state index in [0.717, 1.165) is 0 Å². The van der Waals surface area contributed by atoms with Gasteiger partial charge in [-0.2, -0.15) is 0 Å². The number of hydrogen-bond donors (Lipinski definition) is 1. The fourth-order valence-electron chi connectivity index (χ4n) is 3.42. The summed E-state index contributed by atoms with van der Waals surface area (Å²) in [5.74, 6) is -8.47. The molecule has 0 bridgehead atoms. The molecule has 10 heteroatoms. The van der Waals surface area contributed by atoms with Crippen molar-refractivity contribution in [2.75, 3.05) is 30.9 Å². The number of benzene rings is 1. The van der Waals surface area contributed by atoms with Gasteiger partial charge in [0.1, 0.15) is 6.04 Å². The first-order valence-corrected chi connectivity index (χ1v) is 9.37. The van der Waals surface area contributed by atoms with E-state index in [1.54, 1.807) is 0 Å². The molecule has 0 aliphatic carbocycles. The number of imide groups is 2. The second-order valence-electron chi connectivity index (χ2n) is 8.18. The molecule has 1 unspecified atom stereocenters. The van der Waals surface area contributed by atoms with Crippen LogP contribution in [0, 0.1) is 11.6 Å². The predicted octanol–water partition coefficient (Wildman–Crippen LogP) is 1.29. The molecule has 3 heterocycles. The molecule has 2 fully saturated rings. The van der Waals surface area contributed by atoms with Crippen LogP contribution in [0.4, 0.5) is 14.5 Å². The highest BCUT2D eigenvalue weighted by atomic mass is 19.2. The number of halogens is 2. The van der Waals surface area contributed by atoms with Crippen LogP contribution < -0.4 is 10.2 Å².